The number of hydrogen-bond donors (Lipinski definition) is 0. The molecule has 0 aliphatic heterocycles. The van der Waals surface area contributed by atoms with Crippen LogP contribution in [0, 0.1) is 5.41 Å². The van der Waals surface area contributed by atoms with E-state index in [9.17, 15) is 4.79 Å². The van der Waals surface area contributed by atoms with E-state index in [0.717, 1.165) is 19.3 Å². The fraction of sp³-hybridized carbons (Fsp3) is 0.875. The minimum absolute atomic E-state index is 0.0404. The van der Waals surface area contributed by atoms with Gasteiger partial charge in [-0.25, -0.2) is 0 Å². The van der Waals surface area contributed by atoms with Gasteiger partial charge in [0.05, 0.1) is 0 Å². The van der Waals surface area contributed by atoms with Gasteiger partial charge in [-0.2, -0.15) is 0 Å². The Morgan fingerprint density at radius 1 is 0.808 bits per heavy atom. The topological polar surface area (TPSA) is 26.3 Å². The molecule has 154 valence electrons. The number of hydrogen-bond acceptors (Lipinski definition) is 2. The van der Waals surface area contributed by atoms with Crippen LogP contribution in [-0.4, -0.2) is 12.6 Å². The molecule has 0 aromatic rings. The molecule has 0 radical (unpaired) electrons. The van der Waals surface area contributed by atoms with Gasteiger partial charge in [-0.05, 0) is 31.1 Å². The highest BCUT2D eigenvalue weighted by molar-refractivity contribution is 5.69. The summed E-state index contributed by atoms with van der Waals surface area (Å²) < 4.78 is 5.26. The van der Waals surface area contributed by atoms with Crippen LogP contribution in [0.15, 0.2) is 12.2 Å². The summed E-state index contributed by atoms with van der Waals surface area (Å²) in [6.45, 7) is 9.67. The van der Waals surface area contributed by atoms with Crippen LogP contribution in [0.5, 0.6) is 0 Å². The summed E-state index contributed by atoms with van der Waals surface area (Å²) in [5.41, 5.74) is 0.492. The molecule has 0 saturated carbocycles. The first kappa shape index (κ1) is 25.2. The van der Waals surface area contributed by atoms with E-state index in [1.54, 1.807) is 0 Å². The molecule has 0 amide bonds. The molecule has 0 aromatic carbocycles. The highest BCUT2D eigenvalue weighted by Crippen LogP contribution is 2.27. The number of unbranched alkanes of at least 4 members (excludes halogenated alkanes) is 10. The average Bonchev–Trinajstić information content (AvgIpc) is 2.62. The van der Waals surface area contributed by atoms with Crippen LogP contribution in [0.1, 0.15) is 124 Å². The van der Waals surface area contributed by atoms with Crippen molar-refractivity contribution in [3.8, 4) is 0 Å². The zero-order valence-corrected chi connectivity index (χ0v) is 18.3. The number of allylic oxidation sites excluding steroid dienone is 1. The second-order valence-electron chi connectivity index (χ2n) is 8.50. The van der Waals surface area contributed by atoms with Crippen molar-refractivity contribution in [3.63, 3.8) is 0 Å². The van der Waals surface area contributed by atoms with Crippen LogP contribution in [0.2, 0.25) is 0 Å². The van der Waals surface area contributed by atoms with Gasteiger partial charge in [0.1, 0.15) is 6.61 Å². The molecule has 0 aliphatic rings. The smallest absolute Gasteiger partial charge is 0.306 e. The maximum atomic E-state index is 11.7. The second kappa shape index (κ2) is 17.6. The molecule has 0 rings (SSSR count). The molecule has 0 unspecified atom stereocenters. The van der Waals surface area contributed by atoms with Gasteiger partial charge in [0.2, 0.25) is 0 Å². The van der Waals surface area contributed by atoms with E-state index in [0.29, 0.717) is 18.4 Å². The second-order valence-corrected chi connectivity index (χ2v) is 8.50. The average molecular weight is 367 g/mol. The Kier molecular flexibility index (Phi) is 17.1. The summed E-state index contributed by atoms with van der Waals surface area (Å²) in [4.78, 5) is 11.7. The number of ether oxygens (including phenoxy) is 1. The zero-order valence-electron chi connectivity index (χ0n) is 18.3. The van der Waals surface area contributed by atoms with E-state index in [1.807, 2.05) is 6.08 Å². The molecule has 2 heteroatoms. The van der Waals surface area contributed by atoms with Gasteiger partial charge >= 0.3 is 5.97 Å². The van der Waals surface area contributed by atoms with E-state index in [4.69, 9.17) is 4.74 Å². The van der Waals surface area contributed by atoms with Crippen molar-refractivity contribution in [2.24, 2.45) is 5.41 Å². The largest absolute Gasteiger partial charge is 0.461 e. The van der Waals surface area contributed by atoms with Crippen LogP contribution in [-0.2, 0) is 9.53 Å². The Labute approximate surface area is 164 Å². The first-order valence-corrected chi connectivity index (χ1v) is 11.3. The molecular formula is C24H46O2. The summed E-state index contributed by atoms with van der Waals surface area (Å²) in [5.74, 6) is -0.0404. The van der Waals surface area contributed by atoms with Gasteiger partial charge in [0.25, 0.3) is 0 Å². The summed E-state index contributed by atoms with van der Waals surface area (Å²) >= 11 is 0. The fourth-order valence-corrected chi connectivity index (χ4v) is 3.02. The SMILES string of the molecule is CCCCCCCC/C=C\COC(=O)CCCCCCCC(C)(C)CC. The Bertz CT molecular complexity index is 344. The highest BCUT2D eigenvalue weighted by atomic mass is 16.5. The predicted molar refractivity (Wildman–Crippen MR) is 114 cm³/mol. The lowest BCUT2D eigenvalue weighted by atomic mass is 9.84. The molecule has 0 aliphatic carbocycles. The molecule has 0 saturated heterocycles. The van der Waals surface area contributed by atoms with Crippen molar-refractivity contribution >= 4 is 5.97 Å². The Morgan fingerprint density at radius 2 is 1.42 bits per heavy atom. The van der Waals surface area contributed by atoms with Gasteiger partial charge in [-0.3, -0.25) is 4.79 Å². The maximum absolute atomic E-state index is 11.7. The van der Waals surface area contributed by atoms with Crippen molar-refractivity contribution in [1.29, 1.82) is 0 Å². The van der Waals surface area contributed by atoms with Gasteiger partial charge in [0, 0.05) is 6.42 Å². The molecule has 0 aromatic heterocycles. The normalized spacial score (nSPS) is 12.0. The first-order valence-electron chi connectivity index (χ1n) is 11.3. The van der Waals surface area contributed by atoms with E-state index in [-0.39, 0.29) is 5.97 Å². The Morgan fingerprint density at radius 3 is 2.12 bits per heavy atom. The predicted octanol–water partition coefficient (Wildman–Crippen LogP) is 8.00. The standard InChI is InChI=1S/C24H46O2/c1-5-7-8-9-10-11-12-16-19-22-26-23(25)20-17-14-13-15-18-21-24(3,4)6-2/h16,19H,5-15,17-18,20-22H2,1-4H3/b19-16-. The highest BCUT2D eigenvalue weighted by Gasteiger charge is 2.13. The molecule has 0 heterocycles. The summed E-state index contributed by atoms with van der Waals surface area (Å²) in [7, 11) is 0. The summed E-state index contributed by atoms with van der Waals surface area (Å²) in [6, 6.07) is 0. The molecule has 0 atom stereocenters. The lowest BCUT2D eigenvalue weighted by Gasteiger charge is -2.22. The lowest BCUT2D eigenvalue weighted by Crippen LogP contribution is -2.08. The number of carbonyl (C=O) groups is 1. The third-order valence-electron chi connectivity index (χ3n) is 5.42. The Hall–Kier alpha value is -0.790. The number of esters is 1. The van der Waals surface area contributed by atoms with E-state index in [2.05, 4.69) is 33.8 Å². The van der Waals surface area contributed by atoms with Crippen molar-refractivity contribution < 1.29 is 9.53 Å². The van der Waals surface area contributed by atoms with Crippen LogP contribution < -0.4 is 0 Å². The number of rotatable bonds is 18. The van der Waals surface area contributed by atoms with Gasteiger partial charge in [-0.15, -0.1) is 0 Å². The lowest BCUT2D eigenvalue weighted by molar-refractivity contribution is -0.142. The van der Waals surface area contributed by atoms with Gasteiger partial charge in [0.15, 0.2) is 0 Å². The monoisotopic (exact) mass is 366 g/mol. The van der Waals surface area contributed by atoms with E-state index >= 15 is 0 Å². The third-order valence-corrected chi connectivity index (χ3v) is 5.42. The molecule has 0 N–H and O–H groups in total. The van der Waals surface area contributed by atoms with Crippen LogP contribution in [0.25, 0.3) is 0 Å². The van der Waals surface area contributed by atoms with Crippen molar-refractivity contribution in [1.82, 2.24) is 0 Å². The minimum Gasteiger partial charge on any atom is -0.461 e. The fourth-order valence-electron chi connectivity index (χ4n) is 3.02. The zero-order chi connectivity index (χ0) is 19.5. The van der Waals surface area contributed by atoms with Gasteiger partial charge < -0.3 is 4.74 Å². The molecular weight excluding hydrogens is 320 g/mol. The van der Waals surface area contributed by atoms with Crippen molar-refractivity contribution in [3.05, 3.63) is 12.2 Å². The number of carbonyl (C=O) groups excluding carboxylic acids is 1. The van der Waals surface area contributed by atoms with E-state index in [1.165, 1.54) is 70.6 Å². The van der Waals surface area contributed by atoms with Gasteiger partial charge in [-0.1, -0.05) is 104 Å². The van der Waals surface area contributed by atoms with Crippen LogP contribution in [0.4, 0.5) is 0 Å². The molecule has 2 nitrogen and oxygen atoms in total. The van der Waals surface area contributed by atoms with Crippen molar-refractivity contribution in [2.45, 2.75) is 124 Å². The van der Waals surface area contributed by atoms with Crippen LogP contribution in [0.3, 0.4) is 0 Å². The maximum Gasteiger partial charge on any atom is 0.306 e. The molecule has 0 spiro atoms. The molecule has 0 fully saturated rings. The Balaban J connectivity index is 3.35. The van der Waals surface area contributed by atoms with E-state index < -0.39 is 0 Å². The first-order chi connectivity index (χ1) is 12.5. The van der Waals surface area contributed by atoms with Crippen molar-refractivity contribution in [2.75, 3.05) is 6.61 Å². The van der Waals surface area contributed by atoms with Crippen LogP contribution >= 0.6 is 0 Å². The molecule has 0 bridgehead atoms. The summed E-state index contributed by atoms with van der Waals surface area (Å²) in [5, 5.41) is 0. The third kappa shape index (κ3) is 18.0. The molecule has 26 heavy (non-hydrogen) atoms. The quantitative estimate of drug-likeness (QED) is 0.139. The minimum atomic E-state index is -0.0404. The summed E-state index contributed by atoms with van der Waals surface area (Å²) in [6.07, 6.45) is 22.3.